The van der Waals surface area contributed by atoms with E-state index in [2.05, 4.69) is 48.2 Å². The largest absolute Gasteiger partial charge is 0.455 e. The van der Waals surface area contributed by atoms with Crippen LogP contribution in [0.25, 0.3) is 5.76 Å². The second kappa shape index (κ2) is 10.2. The fraction of sp³-hybridized carbons (Fsp3) is 0.267. The van der Waals surface area contributed by atoms with Crippen molar-refractivity contribution in [2.75, 3.05) is 19.6 Å². The molecule has 5 rings (SSSR count). The van der Waals surface area contributed by atoms with Crippen LogP contribution in [0.5, 0.6) is 5.75 Å². The Hall–Kier alpha value is -2.88. The summed E-state index contributed by atoms with van der Waals surface area (Å²) >= 11 is 7.20. The SMILES string of the molecule is Cc1ccc(C2=C(Cl)/C(=C\CN3CCCCC3)C(c3ccc(F)cc3)c3ccccc3O2)cc1. The Morgan fingerprint density at radius 1 is 0.941 bits per heavy atom. The standard InChI is InChI=1S/C30H29ClFNO/c1-21-9-11-23(12-10-21)30-29(31)26(17-20-33-18-5-2-6-19-33)28(22-13-15-24(32)16-14-22)25-7-3-4-8-27(25)34-30/h3-4,7-17,28H,2,5-6,18-20H2,1H3/b26-17-. The molecule has 0 amide bonds. The fourth-order valence-corrected chi connectivity index (χ4v) is 5.21. The summed E-state index contributed by atoms with van der Waals surface area (Å²) in [5, 5.41) is 0.603. The number of halogens is 2. The lowest BCUT2D eigenvalue weighted by atomic mass is 9.83. The van der Waals surface area contributed by atoms with Crippen molar-refractivity contribution in [1.29, 1.82) is 0 Å². The third kappa shape index (κ3) is 4.82. The molecule has 0 spiro atoms. The van der Waals surface area contributed by atoms with Crippen molar-refractivity contribution in [2.45, 2.75) is 32.1 Å². The van der Waals surface area contributed by atoms with Crippen molar-refractivity contribution in [1.82, 2.24) is 4.90 Å². The molecule has 3 aromatic carbocycles. The van der Waals surface area contributed by atoms with E-state index in [9.17, 15) is 4.39 Å². The summed E-state index contributed by atoms with van der Waals surface area (Å²) in [6.07, 6.45) is 6.01. The number of ether oxygens (including phenoxy) is 1. The van der Waals surface area contributed by atoms with Crippen LogP contribution in [0.1, 0.15) is 47.4 Å². The number of aryl methyl sites for hydroxylation is 1. The average Bonchev–Trinajstić information content (AvgIpc) is 2.99. The van der Waals surface area contributed by atoms with E-state index < -0.39 is 0 Å². The maximum Gasteiger partial charge on any atom is 0.153 e. The zero-order valence-electron chi connectivity index (χ0n) is 19.4. The molecule has 0 bridgehead atoms. The van der Waals surface area contributed by atoms with Crippen LogP contribution < -0.4 is 4.74 Å². The highest BCUT2D eigenvalue weighted by atomic mass is 35.5. The summed E-state index contributed by atoms with van der Waals surface area (Å²) < 4.78 is 20.3. The number of hydrogen-bond donors (Lipinski definition) is 0. The van der Waals surface area contributed by atoms with Crippen molar-refractivity contribution in [2.24, 2.45) is 0 Å². The van der Waals surface area contributed by atoms with E-state index in [0.717, 1.165) is 47.6 Å². The molecule has 0 radical (unpaired) electrons. The summed E-state index contributed by atoms with van der Waals surface area (Å²) in [5.41, 5.74) is 5.14. The molecule has 4 heteroatoms. The number of piperidine rings is 1. The molecule has 1 saturated heterocycles. The number of rotatable bonds is 4. The third-order valence-electron chi connectivity index (χ3n) is 6.74. The number of benzene rings is 3. The number of allylic oxidation sites excluding steroid dienone is 2. The smallest absolute Gasteiger partial charge is 0.153 e. The van der Waals surface area contributed by atoms with Crippen molar-refractivity contribution in [3.63, 3.8) is 0 Å². The molecule has 3 aromatic rings. The van der Waals surface area contributed by atoms with Crippen LogP contribution in [0.2, 0.25) is 0 Å². The number of fused-ring (bicyclic) bond motifs is 1. The van der Waals surface area contributed by atoms with E-state index in [1.807, 2.05) is 30.3 Å². The maximum atomic E-state index is 13.8. The van der Waals surface area contributed by atoms with Gasteiger partial charge in [0.05, 0.1) is 5.03 Å². The van der Waals surface area contributed by atoms with Crippen LogP contribution in [-0.4, -0.2) is 24.5 Å². The quantitative estimate of drug-likeness (QED) is 0.385. The van der Waals surface area contributed by atoms with Gasteiger partial charge >= 0.3 is 0 Å². The third-order valence-corrected chi connectivity index (χ3v) is 7.13. The Bertz CT molecular complexity index is 1210. The molecular formula is C30H29ClFNO. The van der Waals surface area contributed by atoms with Gasteiger partial charge in [-0.05, 0) is 62.2 Å². The molecule has 2 aliphatic heterocycles. The predicted octanol–water partition coefficient (Wildman–Crippen LogP) is 7.68. The molecule has 0 saturated carbocycles. The topological polar surface area (TPSA) is 12.5 Å². The number of para-hydroxylation sites is 1. The molecule has 0 aromatic heterocycles. The van der Waals surface area contributed by atoms with Crippen molar-refractivity contribution in [3.8, 4) is 5.75 Å². The summed E-state index contributed by atoms with van der Waals surface area (Å²) in [6.45, 7) is 5.10. The highest BCUT2D eigenvalue weighted by Gasteiger charge is 2.31. The first-order valence-corrected chi connectivity index (χ1v) is 12.4. The van der Waals surface area contributed by atoms with Gasteiger partial charge in [0.2, 0.25) is 0 Å². The van der Waals surface area contributed by atoms with Crippen molar-refractivity contribution >= 4 is 17.4 Å². The highest BCUT2D eigenvalue weighted by molar-refractivity contribution is 6.35. The minimum Gasteiger partial charge on any atom is -0.455 e. The molecule has 174 valence electrons. The monoisotopic (exact) mass is 473 g/mol. The molecule has 34 heavy (non-hydrogen) atoms. The van der Waals surface area contributed by atoms with Crippen LogP contribution in [-0.2, 0) is 0 Å². The van der Waals surface area contributed by atoms with Crippen LogP contribution in [0.3, 0.4) is 0 Å². The second-order valence-corrected chi connectivity index (χ2v) is 9.53. The first kappa shape index (κ1) is 22.9. The molecule has 2 nitrogen and oxygen atoms in total. The van der Waals surface area contributed by atoms with E-state index in [1.165, 1.54) is 37.0 Å². The average molecular weight is 474 g/mol. The van der Waals surface area contributed by atoms with Gasteiger partial charge in [0, 0.05) is 23.6 Å². The van der Waals surface area contributed by atoms with Gasteiger partial charge in [0.25, 0.3) is 0 Å². The van der Waals surface area contributed by atoms with E-state index >= 15 is 0 Å². The Labute approximate surface area is 206 Å². The van der Waals surface area contributed by atoms with Crippen LogP contribution in [0, 0.1) is 12.7 Å². The summed E-state index contributed by atoms with van der Waals surface area (Å²) in [6, 6.07) is 23.1. The van der Waals surface area contributed by atoms with Crippen LogP contribution >= 0.6 is 11.6 Å². The van der Waals surface area contributed by atoms with Gasteiger partial charge in [-0.15, -0.1) is 0 Å². The fourth-order valence-electron chi connectivity index (χ4n) is 4.87. The molecular weight excluding hydrogens is 445 g/mol. The maximum absolute atomic E-state index is 13.8. The van der Waals surface area contributed by atoms with Gasteiger partial charge < -0.3 is 4.74 Å². The summed E-state index contributed by atoms with van der Waals surface area (Å²) in [4.78, 5) is 2.48. The Balaban J connectivity index is 1.68. The predicted molar refractivity (Wildman–Crippen MR) is 138 cm³/mol. The zero-order chi connectivity index (χ0) is 23.5. The first-order chi connectivity index (χ1) is 16.6. The second-order valence-electron chi connectivity index (χ2n) is 9.15. The minimum atomic E-state index is -0.247. The molecule has 1 atom stereocenters. The molecule has 1 fully saturated rings. The lowest BCUT2D eigenvalue weighted by Gasteiger charge is -2.26. The van der Waals surface area contributed by atoms with Gasteiger partial charge in [-0.3, -0.25) is 4.90 Å². The molecule has 2 heterocycles. The van der Waals surface area contributed by atoms with Crippen LogP contribution in [0.15, 0.2) is 89.5 Å². The Kier molecular flexibility index (Phi) is 6.85. The van der Waals surface area contributed by atoms with Gasteiger partial charge in [0.15, 0.2) is 5.76 Å². The Morgan fingerprint density at radius 3 is 2.38 bits per heavy atom. The lowest BCUT2D eigenvalue weighted by molar-refractivity contribution is 0.251. The molecule has 0 aliphatic carbocycles. The number of nitrogens with zero attached hydrogens (tertiary/aromatic N) is 1. The van der Waals surface area contributed by atoms with Crippen LogP contribution in [0.4, 0.5) is 4.39 Å². The molecule has 1 unspecified atom stereocenters. The highest BCUT2D eigenvalue weighted by Crippen LogP contribution is 2.47. The van der Waals surface area contributed by atoms with E-state index in [4.69, 9.17) is 16.3 Å². The van der Waals surface area contributed by atoms with Gasteiger partial charge in [-0.1, -0.05) is 84.3 Å². The minimum absolute atomic E-state index is 0.156. The van der Waals surface area contributed by atoms with Crippen molar-refractivity contribution < 1.29 is 9.13 Å². The van der Waals surface area contributed by atoms with Gasteiger partial charge in [-0.2, -0.15) is 0 Å². The number of hydrogen-bond acceptors (Lipinski definition) is 2. The zero-order valence-corrected chi connectivity index (χ0v) is 20.2. The number of likely N-dealkylation sites (tertiary alicyclic amines) is 1. The summed E-state index contributed by atoms with van der Waals surface area (Å²) in [7, 11) is 0. The van der Waals surface area contributed by atoms with E-state index in [0.29, 0.717) is 10.8 Å². The van der Waals surface area contributed by atoms with E-state index in [-0.39, 0.29) is 11.7 Å². The lowest BCUT2D eigenvalue weighted by Crippen LogP contribution is -2.30. The van der Waals surface area contributed by atoms with Gasteiger partial charge in [-0.25, -0.2) is 4.39 Å². The Morgan fingerprint density at radius 2 is 1.65 bits per heavy atom. The normalized spacial score (nSPS) is 20.1. The van der Waals surface area contributed by atoms with Gasteiger partial charge in [0.1, 0.15) is 11.6 Å². The van der Waals surface area contributed by atoms with Crippen molar-refractivity contribution in [3.05, 3.63) is 118 Å². The summed E-state index contributed by atoms with van der Waals surface area (Å²) in [5.74, 6) is 1.02. The first-order valence-electron chi connectivity index (χ1n) is 12.0. The molecule has 2 aliphatic rings. The molecule has 0 N–H and O–H groups in total. The van der Waals surface area contributed by atoms with E-state index in [1.54, 1.807) is 0 Å².